The molecule has 34 valence electrons. The van der Waals surface area contributed by atoms with E-state index in [4.69, 9.17) is 4.74 Å². The Kier molecular flexibility index (Phi) is 0.388. The molecule has 0 unspecified atom stereocenters. The van der Waals surface area contributed by atoms with Crippen molar-refractivity contribution in [1.82, 2.24) is 0 Å². The third kappa shape index (κ3) is 0.313. The second-order valence-corrected chi connectivity index (χ2v) is 2.04. The lowest BCUT2D eigenvalue weighted by molar-refractivity contribution is 0.354. The van der Waals surface area contributed by atoms with E-state index in [2.05, 4.69) is 6.58 Å². The van der Waals surface area contributed by atoms with Gasteiger partial charge in [-0.1, -0.05) is 6.58 Å². The third-order valence-corrected chi connectivity index (χ3v) is 1.01. The molecule has 1 rings (SSSR count). The highest BCUT2D eigenvalue weighted by Gasteiger charge is 2.40. The summed E-state index contributed by atoms with van der Waals surface area (Å²) >= 11 is 0. The minimum absolute atomic E-state index is 0.0139. The van der Waals surface area contributed by atoms with E-state index in [0.717, 1.165) is 5.76 Å². The van der Waals surface area contributed by atoms with E-state index in [9.17, 15) is 0 Å². The summed E-state index contributed by atoms with van der Waals surface area (Å²) < 4.78 is 4.91. The highest BCUT2D eigenvalue weighted by molar-refractivity contribution is 5.16. The Morgan fingerprint density at radius 2 is 1.83 bits per heavy atom. The van der Waals surface area contributed by atoms with Crippen molar-refractivity contribution >= 4 is 0 Å². The molecule has 0 aromatic rings. The summed E-state index contributed by atoms with van der Waals surface area (Å²) in [6.45, 7) is 7.59. The van der Waals surface area contributed by atoms with Crippen molar-refractivity contribution in [2.45, 2.75) is 19.4 Å². The fourth-order valence-corrected chi connectivity index (χ4v) is 0.282. The van der Waals surface area contributed by atoms with E-state index in [1.807, 2.05) is 13.8 Å². The summed E-state index contributed by atoms with van der Waals surface area (Å²) in [6, 6.07) is 0. The van der Waals surface area contributed by atoms with Crippen molar-refractivity contribution in [2.24, 2.45) is 0 Å². The first-order chi connectivity index (χ1) is 2.63. The molecular weight excluding hydrogens is 76.1 g/mol. The van der Waals surface area contributed by atoms with Gasteiger partial charge in [-0.05, 0) is 13.8 Å². The molecule has 1 heterocycles. The summed E-state index contributed by atoms with van der Waals surface area (Å²) in [5.41, 5.74) is 0.0139. The van der Waals surface area contributed by atoms with Crippen molar-refractivity contribution in [1.29, 1.82) is 0 Å². The molecule has 1 aliphatic heterocycles. The first kappa shape index (κ1) is 3.72. The summed E-state index contributed by atoms with van der Waals surface area (Å²) in [5, 5.41) is 0. The Hall–Kier alpha value is -0.460. The first-order valence-corrected chi connectivity index (χ1v) is 2.01. The number of rotatable bonds is 0. The molecule has 0 amide bonds. The molecule has 0 saturated carbocycles. The van der Waals surface area contributed by atoms with Crippen LogP contribution >= 0.6 is 0 Å². The minimum atomic E-state index is 0.0139. The van der Waals surface area contributed by atoms with Crippen LogP contribution in [0.25, 0.3) is 0 Å². The Morgan fingerprint density at radius 3 is 1.83 bits per heavy atom. The third-order valence-electron chi connectivity index (χ3n) is 1.01. The van der Waals surface area contributed by atoms with Crippen molar-refractivity contribution in [3.63, 3.8) is 0 Å². The smallest absolute Gasteiger partial charge is 0.159 e. The van der Waals surface area contributed by atoms with Crippen molar-refractivity contribution in [2.75, 3.05) is 0 Å². The standard InChI is InChI=1S/C5H8O/c1-4-5(2,3)6-4/h1H2,2-3H3. The average Bonchev–Trinajstić information content (AvgIpc) is 1.73. The quantitative estimate of drug-likeness (QED) is 0.403. The van der Waals surface area contributed by atoms with E-state index in [1.54, 1.807) is 0 Å². The molecule has 0 radical (unpaired) electrons. The molecule has 0 atom stereocenters. The van der Waals surface area contributed by atoms with Gasteiger partial charge in [-0.25, -0.2) is 0 Å². The van der Waals surface area contributed by atoms with Crippen molar-refractivity contribution < 1.29 is 4.74 Å². The maximum Gasteiger partial charge on any atom is 0.159 e. The van der Waals surface area contributed by atoms with Crippen LogP contribution in [0.5, 0.6) is 0 Å². The SMILES string of the molecule is C=C1OC1(C)C. The lowest BCUT2D eigenvalue weighted by Crippen LogP contribution is -1.89. The zero-order valence-corrected chi connectivity index (χ0v) is 4.12. The second kappa shape index (κ2) is 0.625. The molecule has 0 aromatic heterocycles. The van der Waals surface area contributed by atoms with Gasteiger partial charge in [0.25, 0.3) is 0 Å². The molecule has 0 spiro atoms. The van der Waals surface area contributed by atoms with Gasteiger partial charge in [0.15, 0.2) is 5.60 Å². The predicted octanol–water partition coefficient (Wildman–Crippen LogP) is 1.31. The lowest BCUT2D eigenvalue weighted by atomic mass is 10.2. The molecule has 1 fully saturated rings. The van der Waals surface area contributed by atoms with Crippen LogP contribution in [0, 0.1) is 0 Å². The largest absolute Gasteiger partial charge is 0.481 e. The average molecular weight is 84.1 g/mol. The maximum atomic E-state index is 4.91. The van der Waals surface area contributed by atoms with Crippen LogP contribution in [0.2, 0.25) is 0 Å². The summed E-state index contributed by atoms with van der Waals surface area (Å²) in [7, 11) is 0. The molecule has 1 saturated heterocycles. The van der Waals surface area contributed by atoms with Crippen molar-refractivity contribution in [3.8, 4) is 0 Å². The molecule has 0 aromatic carbocycles. The number of hydrogen-bond donors (Lipinski definition) is 0. The van der Waals surface area contributed by atoms with Crippen LogP contribution < -0.4 is 0 Å². The minimum Gasteiger partial charge on any atom is -0.481 e. The molecule has 1 aliphatic rings. The van der Waals surface area contributed by atoms with Crippen LogP contribution in [0.4, 0.5) is 0 Å². The van der Waals surface area contributed by atoms with E-state index >= 15 is 0 Å². The summed E-state index contributed by atoms with van der Waals surface area (Å²) in [5.74, 6) is 0.905. The van der Waals surface area contributed by atoms with E-state index < -0.39 is 0 Å². The number of hydrogen-bond acceptors (Lipinski definition) is 1. The Balaban J connectivity index is 2.63. The van der Waals surface area contributed by atoms with Gasteiger partial charge in [-0.15, -0.1) is 0 Å². The van der Waals surface area contributed by atoms with Crippen molar-refractivity contribution in [3.05, 3.63) is 12.3 Å². The zero-order chi connectivity index (χ0) is 4.78. The van der Waals surface area contributed by atoms with Crippen LogP contribution in [0.15, 0.2) is 12.3 Å². The molecule has 0 aliphatic carbocycles. The second-order valence-electron chi connectivity index (χ2n) is 2.04. The monoisotopic (exact) mass is 84.1 g/mol. The lowest BCUT2D eigenvalue weighted by Gasteiger charge is -1.79. The fraction of sp³-hybridized carbons (Fsp3) is 0.600. The molecule has 1 heteroatoms. The normalized spacial score (nSPS) is 26.0. The van der Waals surface area contributed by atoms with Gasteiger partial charge in [-0.2, -0.15) is 0 Å². The Labute approximate surface area is 37.6 Å². The van der Waals surface area contributed by atoms with E-state index in [0.29, 0.717) is 0 Å². The van der Waals surface area contributed by atoms with Gasteiger partial charge < -0.3 is 4.74 Å². The topological polar surface area (TPSA) is 12.5 Å². The van der Waals surface area contributed by atoms with E-state index in [1.165, 1.54) is 0 Å². The zero-order valence-electron chi connectivity index (χ0n) is 4.12. The first-order valence-electron chi connectivity index (χ1n) is 2.01. The van der Waals surface area contributed by atoms with Gasteiger partial charge in [-0.3, -0.25) is 0 Å². The van der Waals surface area contributed by atoms with Gasteiger partial charge in [0.2, 0.25) is 0 Å². The highest BCUT2D eigenvalue weighted by atomic mass is 16.6. The Bertz CT molecular complexity index is 92.1. The van der Waals surface area contributed by atoms with Crippen LogP contribution in [0.3, 0.4) is 0 Å². The van der Waals surface area contributed by atoms with Crippen LogP contribution in [0.1, 0.15) is 13.8 Å². The van der Waals surface area contributed by atoms with Gasteiger partial charge in [0.1, 0.15) is 5.76 Å². The van der Waals surface area contributed by atoms with Gasteiger partial charge in [0.05, 0.1) is 0 Å². The predicted molar refractivity (Wildman–Crippen MR) is 24.3 cm³/mol. The van der Waals surface area contributed by atoms with Crippen LogP contribution in [-0.4, -0.2) is 5.60 Å². The fourth-order valence-electron chi connectivity index (χ4n) is 0.282. The molecule has 1 nitrogen and oxygen atoms in total. The summed E-state index contributed by atoms with van der Waals surface area (Å²) in [4.78, 5) is 0. The Morgan fingerprint density at radius 1 is 1.67 bits per heavy atom. The van der Waals surface area contributed by atoms with Gasteiger partial charge in [0, 0.05) is 0 Å². The van der Waals surface area contributed by atoms with E-state index in [-0.39, 0.29) is 5.60 Å². The molecule has 6 heavy (non-hydrogen) atoms. The van der Waals surface area contributed by atoms with Gasteiger partial charge >= 0.3 is 0 Å². The molecule has 0 N–H and O–H groups in total. The van der Waals surface area contributed by atoms with Crippen LogP contribution in [-0.2, 0) is 4.74 Å². The maximum absolute atomic E-state index is 4.91. The summed E-state index contributed by atoms with van der Waals surface area (Å²) in [6.07, 6.45) is 0. The number of epoxide rings is 1. The number of ether oxygens (including phenoxy) is 1. The highest BCUT2D eigenvalue weighted by Crippen LogP contribution is 2.37. The molecular formula is C5H8O. The molecule has 0 bridgehead atoms.